The number of nitrogens with zero attached hydrogens (tertiary/aromatic N) is 2. The van der Waals surface area contributed by atoms with Gasteiger partial charge in [-0.3, -0.25) is 4.90 Å². The Morgan fingerprint density at radius 2 is 1.86 bits per heavy atom. The summed E-state index contributed by atoms with van der Waals surface area (Å²) >= 11 is 0. The Labute approximate surface area is 127 Å². The number of amides is 1. The zero-order chi connectivity index (χ0) is 15.2. The number of ether oxygens (including phenoxy) is 1. The third kappa shape index (κ3) is 4.21. The first-order valence-electron chi connectivity index (χ1n) is 7.91. The monoisotopic (exact) mass is 290 g/mol. The molecule has 0 aromatic heterocycles. The number of carbonyl (C=O) groups is 1. The van der Waals surface area contributed by atoms with Crippen molar-refractivity contribution in [1.82, 2.24) is 9.80 Å². The second-order valence-electron chi connectivity index (χ2n) is 5.68. The normalized spacial score (nSPS) is 16.3. The van der Waals surface area contributed by atoms with Crippen molar-refractivity contribution in [3.63, 3.8) is 0 Å². The Morgan fingerprint density at radius 3 is 2.43 bits per heavy atom. The van der Waals surface area contributed by atoms with Crippen molar-refractivity contribution in [3.8, 4) is 5.75 Å². The Morgan fingerprint density at radius 1 is 1.19 bits per heavy atom. The lowest BCUT2D eigenvalue weighted by Crippen LogP contribution is -2.52. The molecular weight excluding hydrogens is 264 g/mol. The van der Waals surface area contributed by atoms with E-state index in [4.69, 9.17) is 4.74 Å². The molecule has 0 atom stereocenters. The summed E-state index contributed by atoms with van der Waals surface area (Å²) in [6.45, 7) is 9.83. The van der Waals surface area contributed by atoms with Crippen molar-refractivity contribution in [2.75, 3.05) is 26.2 Å². The molecule has 0 spiro atoms. The molecule has 116 valence electrons. The molecule has 0 saturated carbocycles. The fourth-order valence-electron chi connectivity index (χ4n) is 2.92. The number of hydrogen-bond acceptors (Lipinski definition) is 3. The minimum absolute atomic E-state index is 0.232. The fourth-order valence-corrected chi connectivity index (χ4v) is 2.92. The van der Waals surface area contributed by atoms with Crippen LogP contribution in [0.3, 0.4) is 0 Å². The van der Waals surface area contributed by atoms with E-state index in [9.17, 15) is 4.79 Å². The minimum Gasteiger partial charge on any atom is -0.410 e. The van der Waals surface area contributed by atoms with Crippen LogP contribution >= 0.6 is 0 Å². The van der Waals surface area contributed by atoms with Gasteiger partial charge in [0.05, 0.1) is 0 Å². The summed E-state index contributed by atoms with van der Waals surface area (Å²) in [6.07, 6.45) is 2.11. The van der Waals surface area contributed by atoms with Crippen molar-refractivity contribution < 1.29 is 9.53 Å². The molecule has 1 aromatic rings. The van der Waals surface area contributed by atoms with Crippen molar-refractivity contribution in [2.45, 2.75) is 39.7 Å². The van der Waals surface area contributed by atoms with Crippen LogP contribution in [0.5, 0.6) is 5.75 Å². The highest BCUT2D eigenvalue weighted by atomic mass is 16.6. The molecule has 1 aromatic carbocycles. The van der Waals surface area contributed by atoms with E-state index in [1.807, 2.05) is 31.2 Å². The van der Waals surface area contributed by atoms with Crippen LogP contribution in [0.25, 0.3) is 0 Å². The van der Waals surface area contributed by atoms with Gasteiger partial charge >= 0.3 is 6.09 Å². The summed E-state index contributed by atoms with van der Waals surface area (Å²) in [7, 11) is 0. The molecule has 1 aliphatic rings. The largest absolute Gasteiger partial charge is 0.415 e. The van der Waals surface area contributed by atoms with Gasteiger partial charge in [-0.05, 0) is 37.5 Å². The van der Waals surface area contributed by atoms with E-state index >= 15 is 0 Å². The second-order valence-corrected chi connectivity index (χ2v) is 5.68. The third-order valence-corrected chi connectivity index (χ3v) is 4.23. The van der Waals surface area contributed by atoms with Gasteiger partial charge in [-0.1, -0.05) is 26.0 Å². The Balaban J connectivity index is 1.86. The summed E-state index contributed by atoms with van der Waals surface area (Å²) < 4.78 is 5.45. The average molecular weight is 290 g/mol. The van der Waals surface area contributed by atoms with Gasteiger partial charge < -0.3 is 9.64 Å². The number of piperazine rings is 1. The number of hydrogen-bond donors (Lipinski definition) is 0. The third-order valence-electron chi connectivity index (χ3n) is 4.23. The Kier molecular flexibility index (Phi) is 5.62. The van der Waals surface area contributed by atoms with Gasteiger partial charge in [-0.15, -0.1) is 0 Å². The van der Waals surface area contributed by atoms with Crippen molar-refractivity contribution in [3.05, 3.63) is 29.8 Å². The molecule has 0 radical (unpaired) electrons. The molecule has 2 rings (SSSR count). The Bertz CT molecular complexity index is 464. The molecule has 0 aliphatic carbocycles. The first kappa shape index (κ1) is 15.8. The highest BCUT2D eigenvalue weighted by Crippen LogP contribution is 2.16. The lowest BCUT2D eigenvalue weighted by atomic mass is 10.1. The van der Waals surface area contributed by atoms with Crippen LogP contribution in [-0.4, -0.2) is 48.1 Å². The maximum atomic E-state index is 12.2. The van der Waals surface area contributed by atoms with E-state index in [2.05, 4.69) is 18.7 Å². The molecule has 4 heteroatoms. The van der Waals surface area contributed by atoms with Crippen molar-refractivity contribution >= 4 is 6.09 Å². The van der Waals surface area contributed by atoms with Gasteiger partial charge in [0.1, 0.15) is 5.75 Å². The van der Waals surface area contributed by atoms with E-state index < -0.39 is 0 Å². The molecule has 1 amide bonds. The molecular formula is C17H26N2O2. The second kappa shape index (κ2) is 7.46. The lowest BCUT2D eigenvalue weighted by Gasteiger charge is -2.38. The minimum atomic E-state index is -0.232. The Hall–Kier alpha value is -1.55. The molecule has 0 unspecified atom stereocenters. The number of aryl methyl sites for hydroxylation is 1. The molecule has 0 N–H and O–H groups in total. The molecule has 1 fully saturated rings. The average Bonchev–Trinajstić information content (AvgIpc) is 2.49. The first-order chi connectivity index (χ1) is 10.1. The molecule has 21 heavy (non-hydrogen) atoms. The molecule has 0 bridgehead atoms. The summed E-state index contributed by atoms with van der Waals surface area (Å²) in [6, 6.07) is 8.25. The molecule has 4 nitrogen and oxygen atoms in total. The van der Waals surface area contributed by atoms with Gasteiger partial charge in [0.15, 0.2) is 0 Å². The van der Waals surface area contributed by atoms with Crippen LogP contribution in [0.2, 0.25) is 0 Å². The summed E-state index contributed by atoms with van der Waals surface area (Å²) in [4.78, 5) is 16.5. The fraction of sp³-hybridized carbons (Fsp3) is 0.588. The van der Waals surface area contributed by atoms with Crippen molar-refractivity contribution in [2.24, 2.45) is 0 Å². The number of rotatable bonds is 4. The predicted molar refractivity (Wildman–Crippen MR) is 84.7 cm³/mol. The lowest BCUT2D eigenvalue weighted by molar-refractivity contribution is 0.0860. The maximum absolute atomic E-state index is 12.2. The van der Waals surface area contributed by atoms with Gasteiger partial charge in [0.2, 0.25) is 0 Å². The summed E-state index contributed by atoms with van der Waals surface area (Å²) in [5.74, 6) is 0.627. The van der Waals surface area contributed by atoms with E-state index in [0.717, 1.165) is 31.7 Å². The smallest absolute Gasteiger partial charge is 0.410 e. The van der Waals surface area contributed by atoms with Crippen LogP contribution in [0.4, 0.5) is 4.79 Å². The zero-order valence-corrected chi connectivity index (χ0v) is 13.3. The first-order valence-corrected chi connectivity index (χ1v) is 7.91. The van der Waals surface area contributed by atoms with Gasteiger partial charge in [-0.25, -0.2) is 4.79 Å². The predicted octanol–water partition coefficient (Wildman–Crippen LogP) is 3.30. The van der Waals surface area contributed by atoms with E-state index in [-0.39, 0.29) is 6.09 Å². The highest BCUT2D eigenvalue weighted by Gasteiger charge is 2.25. The number of carbonyl (C=O) groups excluding carboxylic acids is 1. The quantitative estimate of drug-likeness (QED) is 0.853. The highest BCUT2D eigenvalue weighted by molar-refractivity contribution is 5.70. The zero-order valence-electron chi connectivity index (χ0n) is 13.3. The van der Waals surface area contributed by atoms with Crippen LogP contribution < -0.4 is 4.74 Å². The van der Waals surface area contributed by atoms with Crippen LogP contribution in [0.15, 0.2) is 24.3 Å². The molecule has 1 saturated heterocycles. The standard InChI is InChI=1S/C17H26N2O2/c1-4-15(5-2)18-9-11-19(12-10-18)17(20)21-16-8-6-7-14(3)13-16/h6-8,13,15H,4-5,9-12H2,1-3H3. The van der Waals surface area contributed by atoms with E-state index in [1.54, 1.807) is 4.90 Å². The summed E-state index contributed by atoms with van der Waals surface area (Å²) in [5.41, 5.74) is 1.10. The maximum Gasteiger partial charge on any atom is 0.415 e. The van der Waals surface area contributed by atoms with Crippen LogP contribution in [-0.2, 0) is 0 Å². The van der Waals surface area contributed by atoms with Gasteiger partial charge in [0.25, 0.3) is 0 Å². The topological polar surface area (TPSA) is 32.8 Å². The van der Waals surface area contributed by atoms with Gasteiger partial charge in [-0.2, -0.15) is 0 Å². The van der Waals surface area contributed by atoms with Gasteiger partial charge in [0, 0.05) is 32.2 Å². The summed E-state index contributed by atoms with van der Waals surface area (Å²) in [5, 5.41) is 0. The van der Waals surface area contributed by atoms with Crippen LogP contribution in [0, 0.1) is 6.92 Å². The molecule has 1 aliphatic heterocycles. The van der Waals surface area contributed by atoms with E-state index in [1.165, 1.54) is 12.8 Å². The molecule has 1 heterocycles. The van der Waals surface area contributed by atoms with Crippen molar-refractivity contribution in [1.29, 1.82) is 0 Å². The van der Waals surface area contributed by atoms with E-state index in [0.29, 0.717) is 11.8 Å². The number of benzene rings is 1. The SMILES string of the molecule is CCC(CC)N1CCN(C(=O)Oc2cccc(C)c2)CC1. The van der Waals surface area contributed by atoms with Crippen LogP contribution in [0.1, 0.15) is 32.3 Å².